The predicted octanol–water partition coefficient (Wildman–Crippen LogP) is 1.51. The van der Waals surface area contributed by atoms with E-state index in [0.717, 1.165) is 5.69 Å². The lowest BCUT2D eigenvalue weighted by atomic mass is 10.3. The van der Waals surface area contributed by atoms with Gasteiger partial charge >= 0.3 is 0 Å². The normalized spacial score (nSPS) is 10.4. The molecule has 1 aromatic rings. The molecule has 1 rings (SSSR count). The van der Waals surface area contributed by atoms with Crippen molar-refractivity contribution in [3.8, 4) is 5.88 Å². The maximum absolute atomic E-state index is 11.5. The molecule has 0 radical (unpaired) electrons. The first-order valence-electron chi connectivity index (χ1n) is 6.53. The molecular formula is C13H22N4O2. The monoisotopic (exact) mass is 266 g/mol. The van der Waals surface area contributed by atoms with Crippen LogP contribution in [-0.2, 0) is 4.79 Å². The van der Waals surface area contributed by atoms with Gasteiger partial charge in [-0.3, -0.25) is 4.79 Å². The van der Waals surface area contributed by atoms with Crippen LogP contribution in [0.1, 0.15) is 32.9 Å². The number of nitrogens with one attached hydrogen (secondary N) is 2. The average molecular weight is 266 g/mol. The van der Waals surface area contributed by atoms with E-state index in [1.54, 1.807) is 6.07 Å². The van der Waals surface area contributed by atoms with Gasteiger partial charge in [-0.1, -0.05) is 0 Å². The van der Waals surface area contributed by atoms with Crippen molar-refractivity contribution >= 4 is 11.9 Å². The summed E-state index contributed by atoms with van der Waals surface area (Å²) in [5.74, 6) is 1.05. The van der Waals surface area contributed by atoms with Crippen LogP contribution in [-0.4, -0.2) is 35.1 Å². The summed E-state index contributed by atoms with van der Waals surface area (Å²) in [5, 5.41) is 5.85. The number of aryl methyl sites for hydroxylation is 1. The van der Waals surface area contributed by atoms with Crippen LogP contribution in [0.25, 0.3) is 0 Å². The lowest BCUT2D eigenvalue weighted by Crippen LogP contribution is -2.31. The van der Waals surface area contributed by atoms with Crippen LogP contribution in [0.3, 0.4) is 0 Å². The molecule has 106 valence electrons. The topological polar surface area (TPSA) is 76.1 Å². The summed E-state index contributed by atoms with van der Waals surface area (Å²) in [6.07, 6.45) is 0.388. The zero-order valence-electron chi connectivity index (χ0n) is 12.0. The van der Waals surface area contributed by atoms with E-state index in [0.29, 0.717) is 31.4 Å². The zero-order chi connectivity index (χ0) is 14.3. The highest BCUT2D eigenvalue weighted by atomic mass is 16.5. The highest BCUT2D eigenvalue weighted by molar-refractivity contribution is 5.76. The molecule has 0 saturated heterocycles. The number of nitrogens with zero attached hydrogens (tertiary/aromatic N) is 2. The molecule has 6 nitrogen and oxygen atoms in total. The molecule has 1 amide bonds. The average Bonchev–Trinajstić information content (AvgIpc) is 2.27. The van der Waals surface area contributed by atoms with E-state index in [4.69, 9.17) is 4.74 Å². The third kappa shape index (κ3) is 6.03. The summed E-state index contributed by atoms with van der Waals surface area (Å²) in [4.78, 5) is 19.9. The second-order valence-corrected chi connectivity index (χ2v) is 4.50. The van der Waals surface area contributed by atoms with Gasteiger partial charge in [0.2, 0.25) is 17.7 Å². The smallest absolute Gasteiger partial charge is 0.226 e. The van der Waals surface area contributed by atoms with Gasteiger partial charge in [0.25, 0.3) is 0 Å². The SMILES string of the molecule is CCOc1cc(C)nc(NCCC(=O)NC(C)C)n1. The Morgan fingerprint density at radius 1 is 1.42 bits per heavy atom. The lowest BCUT2D eigenvalue weighted by molar-refractivity contribution is -0.121. The first-order valence-corrected chi connectivity index (χ1v) is 6.53. The van der Waals surface area contributed by atoms with E-state index in [1.807, 2.05) is 27.7 Å². The van der Waals surface area contributed by atoms with Gasteiger partial charge in [-0.15, -0.1) is 0 Å². The maximum atomic E-state index is 11.5. The summed E-state index contributed by atoms with van der Waals surface area (Å²) in [6.45, 7) is 8.70. The van der Waals surface area contributed by atoms with Gasteiger partial charge in [0.1, 0.15) is 0 Å². The van der Waals surface area contributed by atoms with E-state index >= 15 is 0 Å². The Balaban J connectivity index is 2.46. The van der Waals surface area contributed by atoms with Crippen LogP contribution < -0.4 is 15.4 Å². The molecule has 0 spiro atoms. The second kappa shape index (κ2) is 7.56. The van der Waals surface area contributed by atoms with Gasteiger partial charge in [-0.2, -0.15) is 4.98 Å². The van der Waals surface area contributed by atoms with Crippen LogP contribution >= 0.6 is 0 Å². The van der Waals surface area contributed by atoms with E-state index in [9.17, 15) is 4.79 Å². The van der Waals surface area contributed by atoms with Crippen LogP contribution in [0.5, 0.6) is 5.88 Å². The van der Waals surface area contributed by atoms with Crippen molar-refractivity contribution in [2.75, 3.05) is 18.5 Å². The third-order valence-corrected chi connectivity index (χ3v) is 2.21. The Hall–Kier alpha value is -1.85. The fourth-order valence-electron chi connectivity index (χ4n) is 1.52. The molecule has 19 heavy (non-hydrogen) atoms. The number of carbonyl (C=O) groups excluding carboxylic acids is 1. The number of hydrogen-bond donors (Lipinski definition) is 2. The van der Waals surface area contributed by atoms with Crippen LogP contribution in [0.15, 0.2) is 6.07 Å². The van der Waals surface area contributed by atoms with Gasteiger partial charge < -0.3 is 15.4 Å². The van der Waals surface area contributed by atoms with Crippen molar-refractivity contribution in [1.82, 2.24) is 15.3 Å². The molecule has 2 N–H and O–H groups in total. The summed E-state index contributed by atoms with van der Waals surface area (Å²) in [5.41, 5.74) is 0.826. The molecule has 0 atom stereocenters. The highest BCUT2D eigenvalue weighted by Crippen LogP contribution is 2.11. The van der Waals surface area contributed by atoms with Gasteiger partial charge in [0, 0.05) is 30.8 Å². The van der Waals surface area contributed by atoms with Gasteiger partial charge in [-0.05, 0) is 27.7 Å². The minimum absolute atomic E-state index is 0.0141. The summed E-state index contributed by atoms with van der Waals surface area (Å²) in [7, 11) is 0. The van der Waals surface area contributed by atoms with Crippen LogP contribution in [0.2, 0.25) is 0 Å². The van der Waals surface area contributed by atoms with E-state index < -0.39 is 0 Å². The molecule has 0 aliphatic rings. The fraction of sp³-hybridized carbons (Fsp3) is 0.615. The second-order valence-electron chi connectivity index (χ2n) is 4.50. The first-order chi connectivity index (χ1) is 9.01. The number of anilines is 1. The Bertz CT molecular complexity index is 421. The number of hydrogen-bond acceptors (Lipinski definition) is 5. The Morgan fingerprint density at radius 3 is 2.79 bits per heavy atom. The molecule has 1 aromatic heterocycles. The number of amides is 1. The molecule has 1 heterocycles. The van der Waals surface area contributed by atoms with Crippen molar-refractivity contribution in [1.29, 1.82) is 0 Å². The number of carbonyl (C=O) groups is 1. The molecule has 6 heteroatoms. The standard InChI is InChI=1S/C13H22N4O2/c1-5-19-12-8-10(4)16-13(17-12)14-7-6-11(18)15-9(2)3/h8-9H,5-7H2,1-4H3,(H,15,18)(H,14,16,17). The first kappa shape index (κ1) is 15.2. The quantitative estimate of drug-likeness (QED) is 0.782. The van der Waals surface area contributed by atoms with Crippen molar-refractivity contribution in [2.24, 2.45) is 0 Å². The van der Waals surface area contributed by atoms with Crippen molar-refractivity contribution < 1.29 is 9.53 Å². The van der Waals surface area contributed by atoms with Gasteiger partial charge in [-0.25, -0.2) is 4.98 Å². The summed E-state index contributed by atoms with van der Waals surface area (Å²) in [6, 6.07) is 1.94. The molecular weight excluding hydrogens is 244 g/mol. The van der Waals surface area contributed by atoms with Gasteiger partial charge in [0.15, 0.2) is 0 Å². The van der Waals surface area contributed by atoms with Crippen molar-refractivity contribution in [2.45, 2.75) is 40.2 Å². The zero-order valence-corrected chi connectivity index (χ0v) is 12.0. The van der Waals surface area contributed by atoms with Crippen molar-refractivity contribution in [3.63, 3.8) is 0 Å². The predicted molar refractivity (Wildman–Crippen MR) is 74.3 cm³/mol. The minimum Gasteiger partial charge on any atom is -0.478 e. The number of rotatable bonds is 7. The molecule has 0 bridgehead atoms. The third-order valence-electron chi connectivity index (χ3n) is 2.21. The minimum atomic E-state index is 0.0141. The summed E-state index contributed by atoms with van der Waals surface area (Å²) < 4.78 is 5.34. The summed E-state index contributed by atoms with van der Waals surface area (Å²) >= 11 is 0. The Labute approximate surface area is 114 Å². The lowest BCUT2D eigenvalue weighted by Gasteiger charge is -2.10. The molecule has 0 aliphatic carbocycles. The maximum Gasteiger partial charge on any atom is 0.226 e. The largest absolute Gasteiger partial charge is 0.478 e. The molecule has 0 aliphatic heterocycles. The van der Waals surface area contributed by atoms with Crippen LogP contribution in [0.4, 0.5) is 5.95 Å². The van der Waals surface area contributed by atoms with Crippen LogP contribution in [0, 0.1) is 6.92 Å². The van der Waals surface area contributed by atoms with E-state index in [1.165, 1.54) is 0 Å². The fourth-order valence-corrected chi connectivity index (χ4v) is 1.52. The Kier molecular flexibility index (Phi) is 6.05. The van der Waals surface area contributed by atoms with E-state index in [-0.39, 0.29) is 11.9 Å². The Morgan fingerprint density at radius 2 is 2.16 bits per heavy atom. The molecule has 0 aromatic carbocycles. The molecule has 0 fully saturated rings. The molecule has 0 unspecified atom stereocenters. The van der Waals surface area contributed by atoms with Gasteiger partial charge in [0.05, 0.1) is 6.61 Å². The van der Waals surface area contributed by atoms with Crippen molar-refractivity contribution in [3.05, 3.63) is 11.8 Å². The van der Waals surface area contributed by atoms with E-state index in [2.05, 4.69) is 20.6 Å². The number of aromatic nitrogens is 2. The molecule has 0 saturated carbocycles. The number of ether oxygens (including phenoxy) is 1. The highest BCUT2D eigenvalue weighted by Gasteiger charge is 2.05.